The second-order valence-electron chi connectivity index (χ2n) is 10.4. The molecular weight excluding hydrogens is 512 g/mol. The first kappa shape index (κ1) is 27.2. The molecule has 1 aliphatic rings. The van der Waals surface area contributed by atoms with Gasteiger partial charge in [0.15, 0.2) is 11.5 Å². The smallest absolute Gasteiger partial charge is 0.264 e. The van der Waals surface area contributed by atoms with Gasteiger partial charge in [0.1, 0.15) is 0 Å². The van der Waals surface area contributed by atoms with Gasteiger partial charge in [-0.2, -0.15) is 8.42 Å². The summed E-state index contributed by atoms with van der Waals surface area (Å²) in [6.45, 7) is 8.74. The van der Waals surface area contributed by atoms with Gasteiger partial charge in [0.05, 0.1) is 37.8 Å². The van der Waals surface area contributed by atoms with Crippen LogP contribution < -0.4 is 15.2 Å². The van der Waals surface area contributed by atoms with E-state index in [0.29, 0.717) is 23.5 Å². The summed E-state index contributed by atoms with van der Waals surface area (Å²) in [5.41, 5.74) is 11.0. The molecule has 0 bridgehead atoms. The molecule has 1 aliphatic heterocycles. The van der Waals surface area contributed by atoms with Gasteiger partial charge in [-0.3, -0.25) is 8.98 Å². The van der Waals surface area contributed by atoms with Crippen LogP contribution in [0.25, 0.3) is 21.7 Å². The monoisotopic (exact) mass is 546 g/mol. The van der Waals surface area contributed by atoms with E-state index in [4.69, 9.17) is 19.4 Å². The Bertz CT molecular complexity index is 1420. The largest absolute Gasteiger partial charge is 0.493 e. The van der Waals surface area contributed by atoms with Crippen molar-refractivity contribution in [1.82, 2.24) is 4.57 Å². The number of ether oxygens (including phenoxy) is 2. The maximum atomic E-state index is 13.0. The van der Waals surface area contributed by atoms with Crippen LogP contribution in [0.3, 0.4) is 0 Å². The lowest BCUT2D eigenvalue weighted by molar-refractivity contribution is 0.0998. The molecule has 1 amide bonds. The van der Waals surface area contributed by atoms with E-state index >= 15 is 0 Å². The third kappa shape index (κ3) is 5.42. The molecule has 200 valence electrons. The zero-order valence-corrected chi connectivity index (χ0v) is 23.7. The zero-order chi connectivity index (χ0) is 27.1. The van der Waals surface area contributed by atoms with Crippen molar-refractivity contribution in [3.05, 3.63) is 46.5 Å². The van der Waals surface area contributed by atoms with Crippen LogP contribution >= 0.6 is 11.3 Å². The number of aromatic nitrogens is 1. The van der Waals surface area contributed by atoms with Gasteiger partial charge in [-0.1, -0.05) is 26.8 Å². The number of nitrogens with zero attached hydrogens (tertiary/aromatic N) is 1. The molecule has 0 fully saturated rings. The van der Waals surface area contributed by atoms with E-state index in [2.05, 4.69) is 32.3 Å². The number of methoxy groups -OCH3 is 1. The van der Waals surface area contributed by atoms with Gasteiger partial charge in [-0.15, -0.1) is 11.3 Å². The molecule has 3 aromatic rings. The van der Waals surface area contributed by atoms with Crippen molar-refractivity contribution in [1.29, 1.82) is 0 Å². The second-order valence-corrected chi connectivity index (χ2v) is 12.9. The van der Waals surface area contributed by atoms with E-state index in [1.165, 1.54) is 0 Å². The summed E-state index contributed by atoms with van der Waals surface area (Å²) in [6, 6.07) is 8.02. The molecule has 2 aromatic heterocycles. The minimum absolute atomic E-state index is 0.0336. The average Bonchev–Trinajstić information content (AvgIpc) is 3.44. The highest BCUT2D eigenvalue weighted by Gasteiger charge is 2.38. The predicted molar refractivity (Wildman–Crippen MR) is 146 cm³/mol. The topological polar surface area (TPSA) is 110 Å². The Kier molecular flexibility index (Phi) is 7.47. The number of hydrogen-bond acceptors (Lipinski definition) is 7. The normalized spacial score (nSPS) is 15.2. The van der Waals surface area contributed by atoms with E-state index in [9.17, 15) is 13.2 Å². The highest BCUT2D eigenvalue weighted by atomic mass is 32.2. The van der Waals surface area contributed by atoms with Crippen LogP contribution in [0.15, 0.2) is 29.6 Å². The molecule has 8 nitrogen and oxygen atoms in total. The minimum atomic E-state index is -3.50. The zero-order valence-electron chi connectivity index (χ0n) is 22.1. The molecule has 1 atom stereocenters. The Balaban J connectivity index is 1.88. The molecule has 2 N–H and O–H groups in total. The fourth-order valence-electron chi connectivity index (χ4n) is 5.06. The van der Waals surface area contributed by atoms with E-state index in [-0.39, 0.29) is 24.7 Å². The first-order chi connectivity index (χ1) is 17.3. The highest BCUT2D eigenvalue weighted by molar-refractivity contribution is 7.85. The van der Waals surface area contributed by atoms with Crippen molar-refractivity contribution < 1.29 is 26.9 Å². The summed E-state index contributed by atoms with van der Waals surface area (Å²) in [5.74, 6) is 0.691. The van der Waals surface area contributed by atoms with Gasteiger partial charge in [-0.05, 0) is 42.5 Å². The van der Waals surface area contributed by atoms with Gasteiger partial charge in [0.25, 0.3) is 16.0 Å². The number of thiophene rings is 1. The standard InChI is InChI=1S/C27H34N2O6S2/c1-16-13-17-14-19(33-5)20(34-10-8-11-35-37(6,31)32)15-18(17)24-22(21-9-7-12-36-21)23(26(28)30)25(29(16)24)27(2,3)4/h7,9,12,14-16H,8,10-11,13H2,1-6H3,(H2,28,30). The number of amides is 1. The van der Waals surface area contributed by atoms with E-state index in [1.807, 2.05) is 29.6 Å². The van der Waals surface area contributed by atoms with Crippen molar-refractivity contribution in [3.63, 3.8) is 0 Å². The van der Waals surface area contributed by atoms with E-state index < -0.39 is 16.0 Å². The first-order valence-electron chi connectivity index (χ1n) is 12.1. The van der Waals surface area contributed by atoms with Crippen molar-refractivity contribution in [2.24, 2.45) is 5.73 Å². The van der Waals surface area contributed by atoms with Crippen molar-refractivity contribution in [3.8, 4) is 33.2 Å². The van der Waals surface area contributed by atoms with Gasteiger partial charge >= 0.3 is 0 Å². The highest BCUT2D eigenvalue weighted by Crippen LogP contribution is 2.51. The Hall–Kier alpha value is -2.82. The first-order valence-corrected chi connectivity index (χ1v) is 14.8. The average molecular weight is 547 g/mol. The number of fused-ring (bicyclic) bond motifs is 3. The molecule has 4 rings (SSSR count). The Morgan fingerprint density at radius 1 is 1.22 bits per heavy atom. The molecular formula is C27H34N2O6S2. The number of carbonyl (C=O) groups is 1. The van der Waals surface area contributed by atoms with Gasteiger partial charge in [0.2, 0.25) is 0 Å². The molecule has 0 saturated carbocycles. The van der Waals surface area contributed by atoms with E-state index in [0.717, 1.165) is 45.6 Å². The summed E-state index contributed by atoms with van der Waals surface area (Å²) < 4.78 is 41.2. The van der Waals surface area contributed by atoms with E-state index in [1.54, 1.807) is 18.4 Å². The fraction of sp³-hybridized carbons (Fsp3) is 0.444. The van der Waals surface area contributed by atoms with Crippen LogP contribution in [0.2, 0.25) is 0 Å². The van der Waals surface area contributed by atoms with Gasteiger partial charge < -0.3 is 19.8 Å². The number of nitrogens with two attached hydrogens (primary N) is 1. The Labute approximate surface area is 222 Å². The Morgan fingerprint density at radius 2 is 1.95 bits per heavy atom. The fourth-order valence-corrected chi connectivity index (χ4v) is 6.25. The lowest BCUT2D eigenvalue weighted by Crippen LogP contribution is -2.27. The second kappa shape index (κ2) is 10.2. The van der Waals surface area contributed by atoms with Crippen LogP contribution in [0.5, 0.6) is 11.5 Å². The van der Waals surface area contributed by atoms with Gasteiger partial charge in [-0.25, -0.2) is 0 Å². The quantitative estimate of drug-likeness (QED) is 0.294. The molecule has 1 unspecified atom stereocenters. The van der Waals surface area contributed by atoms with Crippen LogP contribution in [-0.2, 0) is 26.1 Å². The predicted octanol–water partition coefficient (Wildman–Crippen LogP) is 5.15. The molecule has 0 spiro atoms. The van der Waals surface area contributed by atoms with Crippen molar-refractivity contribution in [2.45, 2.75) is 52.0 Å². The SMILES string of the molecule is COc1cc2c(cc1OCCCOS(C)(=O)=O)-c1c(-c3cccs3)c(C(N)=O)c(C(C)(C)C)n1C(C)C2. The number of carbonyl (C=O) groups excluding carboxylic acids is 1. The molecule has 0 saturated heterocycles. The maximum absolute atomic E-state index is 13.0. The van der Waals surface area contributed by atoms with Crippen LogP contribution in [0.1, 0.15) is 61.8 Å². The number of primary amides is 1. The minimum Gasteiger partial charge on any atom is -0.493 e. The molecule has 1 aromatic carbocycles. The van der Waals surface area contributed by atoms with Crippen molar-refractivity contribution >= 4 is 27.4 Å². The third-order valence-corrected chi connectivity index (χ3v) is 7.86. The number of hydrogen-bond donors (Lipinski definition) is 1. The van der Waals surface area contributed by atoms with Crippen LogP contribution in [0, 0.1) is 0 Å². The van der Waals surface area contributed by atoms with Crippen molar-refractivity contribution in [2.75, 3.05) is 26.6 Å². The molecule has 37 heavy (non-hydrogen) atoms. The van der Waals surface area contributed by atoms with Gasteiger partial charge in [0, 0.05) is 39.6 Å². The van der Waals surface area contributed by atoms with Crippen LogP contribution in [-0.4, -0.2) is 45.5 Å². The summed E-state index contributed by atoms with van der Waals surface area (Å²) in [7, 11) is -1.91. The molecule has 3 heterocycles. The van der Waals surface area contributed by atoms with Crippen LogP contribution in [0.4, 0.5) is 0 Å². The third-order valence-electron chi connectivity index (χ3n) is 6.37. The molecule has 0 radical (unpaired) electrons. The summed E-state index contributed by atoms with van der Waals surface area (Å²) in [6.07, 6.45) is 2.16. The number of benzene rings is 1. The lowest BCUT2D eigenvalue weighted by Gasteiger charge is -2.32. The lowest BCUT2D eigenvalue weighted by atomic mass is 9.87. The Morgan fingerprint density at radius 3 is 2.51 bits per heavy atom. The number of rotatable bonds is 9. The maximum Gasteiger partial charge on any atom is 0.264 e. The summed E-state index contributed by atoms with van der Waals surface area (Å²) in [4.78, 5) is 14.0. The summed E-state index contributed by atoms with van der Waals surface area (Å²) >= 11 is 1.57. The molecule has 0 aliphatic carbocycles. The summed E-state index contributed by atoms with van der Waals surface area (Å²) in [5, 5.41) is 2.00. The molecule has 10 heteroatoms.